The number of benzene rings is 1. The lowest BCUT2D eigenvalue weighted by Crippen LogP contribution is -1.98. The number of rotatable bonds is 3. The van der Waals surface area contributed by atoms with E-state index in [2.05, 4.69) is 0 Å². The Morgan fingerprint density at radius 1 is 1.13 bits per heavy atom. The largest absolute Gasteiger partial charge is 0.504 e. The predicted molar refractivity (Wildman–Crippen MR) is 52.3 cm³/mol. The molecule has 1 aromatic rings. The number of aromatic hydroxyl groups is 4. The van der Waals surface area contributed by atoms with Crippen LogP contribution in [-0.4, -0.2) is 26.2 Å². The highest BCUT2D eigenvalue weighted by atomic mass is 16.3. The Hall–Kier alpha value is -1.91. The van der Waals surface area contributed by atoms with Gasteiger partial charge < -0.3 is 20.4 Å². The molecule has 0 heterocycles. The fourth-order valence-electron chi connectivity index (χ4n) is 1.21. The van der Waals surface area contributed by atoms with Crippen molar-refractivity contribution >= 4 is 5.78 Å². The number of carbonyl (C=O) groups is 1. The topological polar surface area (TPSA) is 98.0 Å². The zero-order chi connectivity index (χ0) is 11.6. The van der Waals surface area contributed by atoms with Crippen LogP contribution in [0.5, 0.6) is 23.0 Å². The Labute approximate surface area is 86.2 Å². The van der Waals surface area contributed by atoms with Crippen LogP contribution >= 0.6 is 0 Å². The Morgan fingerprint density at radius 2 is 1.73 bits per heavy atom. The van der Waals surface area contributed by atoms with Crippen molar-refractivity contribution in [3.05, 3.63) is 11.6 Å². The van der Waals surface area contributed by atoms with Crippen molar-refractivity contribution < 1.29 is 25.2 Å². The van der Waals surface area contributed by atoms with Crippen LogP contribution in [-0.2, 0) is 0 Å². The molecule has 0 spiro atoms. The molecular weight excluding hydrogens is 200 g/mol. The molecule has 0 unspecified atom stereocenters. The van der Waals surface area contributed by atoms with E-state index in [0.717, 1.165) is 6.07 Å². The standard InChI is InChI=1S/C10H12O5/c1-2-3-6(11)5-4-7(12)9(14)10(15)8(5)13/h4,12-15H,2-3H2,1H3. The third-order valence-corrected chi connectivity index (χ3v) is 2.00. The highest BCUT2D eigenvalue weighted by Gasteiger charge is 2.20. The van der Waals surface area contributed by atoms with Gasteiger partial charge in [-0.3, -0.25) is 4.79 Å². The summed E-state index contributed by atoms with van der Waals surface area (Å²) in [7, 11) is 0. The highest BCUT2D eigenvalue weighted by molar-refractivity contribution is 6.00. The maximum atomic E-state index is 11.4. The molecule has 82 valence electrons. The molecule has 0 aromatic heterocycles. The monoisotopic (exact) mass is 212 g/mol. The van der Waals surface area contributed by atoms with Crippen LogP contribution in [0.15, 0.2) is 6.07 Å². The second-order valence-corrected chi connectivity index (χ2v) is 3.16. The van der Waals surface area contributed by atoms with E-state index in [1.165, 1.54) is 0 Å². The van der Waals surface area contributed by atoms with Gasteiger partial charge in [-0.1, -0.05) is 6.92 Å². The summed E-state index contributed by atoms with van der Waals surface area (Å²) in [4.78, 5) is 11.4. The van der Waals surface area contributed by atoms with E-state index in [0.29, 0.717) is 6.42 Å². The number of hydrogen-bond donors (Lipinski definition) is 4. The first-order valence-corrected chi connectivity index (χ1v) is 4.49. The average molecular weight is 212 g/mol. The fraction of sp³-hybridized carbons (Fsp3) is 0.300. The van der Waals surface area contributed by atoms with Gasteiger partial charge in [0.1, 0.15) is 0 Å². The van der Waals surface area contributed by atoms with E-state index in [9.17, 15) is 15.0 Å². The van der Waals surface area contributed by atoms with Crippen molar-refractivity contribution in [3.8, 4) is 23.0 Å². The van der Waals surface area contributed by atoms with Crippen LogP contribution in [0, 0.1) is 0 Å². The highest BCUT2D eigenvalue weighted by Crippen LogP contribution is 2.44. The van der Waals surface area contributed by atoms with E-state index in [1.807, 2.05) is 0 Å². The van der Waals surface area contributed by atoms with Gasteiger partial charge in [0.2, 0.25) is 11.5 Å². The third kappa shape index (κ3) is 1.96. The Kier molecular flexibility index (Phi) is 3.04. The minimum atomic E-state index is -0.880. The summed E-state index contributed by atoms with van der Waals surface area (Å²) < 4.78 is 0. The first kappa shape index (κ1) is 11.2. The molecule has 0 aliphatic rings. The molecule has 0 aliphatic carbocycles. The maximum Gasteiger partial charge on any atom is 0.205 e. The molecule has 0 fully saturated rings. The predicted octanol–water partition coefficient (Wildman–Crippen LogP) is 1.49. The Balaban J connectivity index is 3.26. The molecule has 1 aromatic carbocycles. The van der Waals surface area contributed by atoms with E-state index >= 15 is 0 Å². The number of ketones is 1. The van der Waals surface area contributed by atoms with Crippen molar-refractivity contribution in [2.45, 2.75) is 19.8 Å². The van der Waals surface area contributed by atoms with E-state index < -0.39 is 28.8 Å². The van der Waals surface area contributed by atoms with Crippen LogP contribution in [0.1, 0.15) is 30.1 Å². The average Bonchev–Trinajstić information content (AvgIpc) is 2.20. The summed E-state index contributed by atoms with van der Waals surface area (Å²) in [6, 6.07) is 0.933. The lowest BCUT2D eigenvalue weighted by Gasteiger charge is -2.07. The zero-order valence-corrected chi connectivity index (χ0v) is 8.19. The minimum Gasteiger partial charge on any atom is -0.504 e. The molecule has 0 atom stereocenters. The maximum absolute atomic E-state index is 11.4. The number of phenols is 4. The first-order chi connectivity index (χ1) is 6.99. The molecule has 15 heavy (non-hydrogen) atoms. The molecule has 0 saturated carbocycles. The Morgan fingerprint density at radius 3 is 2.27 bits per heavy atom. The molecule has 0 radical (unpaired) electrons. The molecule has 0 bridgehead atoms. The van der Waals surface area contributed by atoms with Crippen LogP contribution in [0.3, 0.4) is 0 Å². The number of phenolic OH excluding ortho intramolecular Hbond substituents is 4. The number of hydrogen-bond acceptors (Lipinski definition) is 5. The van der Waals surface area contributed by atoms with Gasteiger partial charge in [0.25, 0.3) is 0 Å². The lowest BCUT2D eigenvalue weighted by molar-refractivity contribution is 0.0978. The molecular formula is C10H12O5. The SMILES string of the molecule is CCCC(=O)c1cc(O)c(O)c(O)c1O. The smallest absolute Gasteiger partial charge is 0.205 e. The first-order valence-electron chi connectivity index (χ1n) is 4.49. The Bertz CT molecular complexity index is 397. The normalized spacial score (nSPS) is 10.2. The summed E-state index contributed by atoms with van der Waals surface area (Å²) in [6.45, 7) is 1.79. The molecule has 5 heteroatoms. The summed E-state index contributed by atoms with van der Waals surface area (Å²) in [5, 5.41) is 36.7. The lowest BCUT2D eigenvalue weighted by atomic mass is 10.0. The minimum absolute atomic E-state index is 0.190. The fourth-order valence-corrected chi connectivity index (χ4v) is 1.21. The third-order valence-electron chi connectivity index (χ3n) is 2.00. The van der Waals surface area contributed by atoms with Gasteiger partial charge in [-0.05, 0) is 12.5 Å². The van der Waals surface area contributed by atoms with Gasteiger partial charge in [0.05, 0.1) is 5.56 Å². The molecule has 4 N–H and O–H groups in total. The summed E-state index contributed by atoms with van der Waals surface area (Å²) in [5.41, 5.74) is -0.190. The van der Waals surface area contributed by atoms with Gasteiger partial charge >= 0.3 is 0 Å². The van der Waals surface area contributed by atoms with Crippen LogP contribution in [0.2, 0.25) is 0 Å². The van der Waals surface area contributed by atoms with Gasteiger partial charge in [0.15, 0.2) is 17.3 Å². The summed E-state index contributed by atoms with van der Waals surface area (Å²) in [6.07, 6.45) is 0.776. The number of Topliss-reactive ketones (excluding diaryl/α,β-unsaturated/α-hetero) is 1. The molecule has 0 aliphatic heterocycles. The van der Waals surface area contributed by atoms with E-state index in [-0.39, 0.29) is 12.0 Å². The van der Waals surface area contributed by atoms with Gasteiger partial charge in [-0.25, -0.2) is 0 Å². The number of carbonyl (C=O) groups excluding carboxylic acids is 1. The van der Waals surface area contributed by atoms with E-state index in [1.54, 1.807) is 6.92 Å². The molecule has 0 amide bonds. The zero-order valence-electron chi connectivity index (χ0n) is 8.19. The quantitative estimate of drug-likeness (QED) is 0.345. The second-order valence-electron chi connectivity index (χ2n) is 3.16. The van der Waals surface area contributed by atoms with Gasteiger partial charge in [0, 0.05) is 6.42 Å². The van der Waals surface area contributed by atoms with Crippen LogP contribution < -0.4 is 0 Å². The molecule has 1 rings (SSSR count). The van der Waals surface area contributed by atoms with Crippen LogP contribution in [0.25, 0.3) is 0 Å². The van der Waals surface area contributed by atoms with Crippen molar-refractivity contribution in [2.24, 2.45) is 0 Å². The van der Waals surface area contributed by atoms with Crippen LogP contribution in [0.4, 0.5) is 0 Å². The molecule has 5 nitrogen and oxygen atoms in total. The van der Waals surface area contributed by atoms with Crippen molar-refractivity contribution in [2.75, 3.05) is 0 Å². The second kappa shape index (κ2) is 4.08. The van der Waals surface area contributed by atoms with Gasteiger partial charge in [-0.15, -0.1) is 0 Å². The summed E-state index contributed by atoms with van der Waals surface area (Å²) >= 11 is 0. The van der Waals surface area contributed by atoms with Crippen molar-refractivity contribution in [1.29, 1.82) is 0 Å². The van der Waals surface area contributed by atoms with E-state index in [4.69, 9.17) is 10.2 Å². The summed E-state index contributed by atoms with van der Waals surface area (Å²) in [5.74, 6) is -3.45. The molecule has 0 saturated heterocycles. The van der Waals surface area contributed by atoms with Gasteiger partial charge in [-0.2, -0.15) is 0 Å². The van der Waals surface area contributed by atoms with Crippen molar-refractivity contribution in [3.63, 3.8) is 0 Å². The van der Waals surface area contributed by atoms with Crippen molar-refractivity contribution in [1.82, 2.24) is 0 Å².